The molecule has 2 atom stereocenters. The number of hydrogen-bond acceptors (Lipinski definition) is 3. The van der Waals surface area contributed by atoms with Crippen molar-refractivity contribution in [2.75, 3.05) is 31.7 Å². The maximum absolute atomic E-state index is 5.98. The highest BCUT2D eigenvalue weighted by molar-refractivity contribution is 5.56. The van der Waals surface area contributed by atoms with E-state index < -0.39 is 0 Å². The van der Waals surface area contributed by atoms with E-state index in [1.54, 1.807) is 7.11 Å². The molecule has 1 fully saturated rings. The smallest absolute Gasteiger partial charge is 0.0508 e. The van der Waals surface area contributed by atoms with Gasteiger partial charge in [-0.3, -0.25) is 0 Å². The van der Waals surface area contributed by atoms with Crippen molar-refractivity contribution in [3.63, 3.8) is 0 Å². The quantitative estimate of drug-likeness (QED) is 0.885. The van der Waals surface area contributed by atoms with Gasteiger partial charge in [-0.15, -0.1) is 0 Å². The van der Waals surface area contributed by atoms with E-state index in [2.05, 4.69) is 36.9 Å². The van der Waals surface area contributed by atoms with E-state index in [9.17, 15) is 0 Å². The fourth-order valence-electron chi connectivity index (χ4n) is 2.96. The molecule has 0 bridgehead atoms. The highest BCUT2D eigenvalue weighted by Crippen LogP contribution is 2.28. The van der Waals surface area contributed by atoms with Crippen LogP contribution in [0.1, 0.15) is 24.5 Å². The number of methoxy groups -OCH3 is 1. The van der Waals surface area contributed by atoms with Gasteiger partial charge in [0.1, 0.15) is 0 Å². The van der Waals surface area contributed by atoms with Crippen molar-refractivity contribution < 1.29 is 4.74 Å². The van der Waals surface area contributed by atoms with Crippen LogP contribution in [0.2, 0.25) is 0 Å². The Morgan fingerprint density at radius 1 is 1.47 bits per heavy atom. The molecule has 106 valence electrons. The predicted octanol–water partition coefficient (Wildman–Crippen LogP) is 2.36. The first-order valence-electron chi connectivity index (χ1n) is 7.19. The molecular weight excluding hydrogens is 236 g/mol. The lowest BCUT2D eigenvalue weighted by molar-refractivity contribution is 0.161. The minimum atomic E-state index is 0.206. The van der Waals surface area contributed by atoms with Crippen molar-refractivity contribution in [3.05, 3.63) is 29.3 Å². The van der Waals surface area contributed by atoms with Gasteiger partial charge in [0.05, 0.1) is 6.61 Å². The molecule has 19 heavy (non-hydrogen) atoms. The third-order valence-corrected chi connectivity index (χ3v) is 3.81. The lowest BCUT2D eigenvalue weighted by atomic mass is 10.0. The van der Waals surface area contributed by atoms with Crippen molar-refractivity contribution in [3.8, 4) is 0 Å². The summed E-state index contributed by atoms with van der Waals surface area (Å²) < 4.78 is 5.28. The molecule has 0 radical (unpaired) electrons. The van der Waals surface area contributed by atoms with Gasteiger partial charge >= 0.3 is 0 Å². The summed E-state index contributed by atoms with van der Waals surface area (Å²) in [6.45, 7) is 7.31. The van der Waals surface area contributed by atoms with Crippen LogP contribution in [-0.4, -0.2) is 32.8 Å². The molecule has 1 aliphatic rings. The molecular formula is C16H26N2O. The molecule has 0 aromatic heterocycles. The van der Waals surface area contributed by atoms with Crippen LogP contribution in [0.25, 0.3) is 0 Å². The van der Waals surface area contributed by atoms with Crippen molar-refractivity contribution in [1.29, 1.82) is 0 Å². The van der Waals surface area contributed by atoms with Gasteiger partial charge in [-0.25, -0.2) is 0 Å². The van der Waals surface area contributed by atoms with Crippen LogP contribution < -0.4 is 10.6 Å². The molecule has 0 spiro atoms. The number of hydrogen-bond donors (Lipinski definition) is 1. The Bertz CT molecular complexity index is 417. The fraction of sp³-hybridized carbons (Fsp3) is 0.625. The van der Waals surface area contributed by atoms with Crippen molar-refractivity contribution in [1.82, 2.24) is 0 Å². The summed E-state index contributed by atoms with van der Waals surface area (Å²) >= 11 is 0. The first-order valence-corrected chi connectivity index (χ1v) is 7.19. The Labute approximate surface area is 116 Å². The van der Waals surface area contributed by atoms with Crippen LogP contribution in [-0.2, 0) is 11.2 Å². The van der Waals surface area contributed by atoms with Crippen LogP contribution in [0.3, 0.4) is 0 Å². The molecule has 1 aromatic rings. The van der Waals surface area contributed by atoms with Crippen LogP contribution in [0.5, 0.6) is 0 Å². The average Bonchev–Trinajstić information content (AvgIpc) is 2.77. The molecule has 2 unspecified atom stereocenters. The van der Waals surface area contributed by atoms with E-state index in [0.717, 1.165) is 26.1 Å². The Morgan fingerprint density at radius 3 is 2.95 bits per heavy atom. The first kappa shape index (κ1) is 14.4. The number of nitrogens with two attached hydrogens (primary N) is 1. The Kier molecular flexibility index (Phi) is 4.83. The second-order valence-corrected chi connectivity index (χ2v) is 5.87. The first-order chi connectivity index (χ1) is 9.10. The number of anilines is 1. The van der Waals surface area contributed by atoms with Crippen molar-refractivity contribution in [2.24, 2.45) is 11.7 Å². The lowest BCUT2D eigenvalue weighted by Crippen LogP contribution is -2.24. The zero-order valence-electron chi connectivity index (χ0n) is 12.4. The molecule has 2 rings (SSSR count). The standard InChI is InChI=1S/C16H26N2O/c1-12-4-5-16(15(8-12)9-13(2)17)18-7-6-14(10-18)11-19-3/h4-5,8,13-14H,6-7,9-11,17H2,1-3H3. The summed E-state index contributed by atoms with van der Waals surface area (Å²) in [5, 5.41) is 0. The zero-order chi connectivity index (χ0) is 13.8. The second kappa shape index (κ2) is 6.40. The largest absolute Gasteiger partial charge is 0.384 e. The molecule has 0 aliphatic carbocycles. The topological polar surface area (TPSA) is 38.5 Å². The van der Waals surface area contributed by atoms with Gasteiger partial charge in [0.15, 0.2) is 0 Å². The Morgan fingerprint density at radius 2 is 2.26 bits per heavy atom. The van der Waals surface area contributed by atoms with Crippen LogP contribution >= 0.6 is 0 Å². The molecule has 1 saturated heterocycles. The van der Waals surface area contributed by atoms with Crippen LogP contribution in [0.4, 0.5) is 5.69 Å². The summed E-state index contributed by atoms with van der Waals surface area (Å²) in [6, 6.07) is 6.94. The molecule has 1 aliphatic heterocycles. The molecule has 3 heteroatoms. The molecule has 1 aromatic carbocycles. The van der Waals surface area contributed by atoms with Gasteiger partial charge in [0, 0.05) is 37.8 Å². The average molecular weight is 262 g/mol. The highest BCUT2D eigenvalue weighted by atomic mass is 16.5. The third kappa shape index (κ3) is 3.71. The maximum Gasteiger partial charge on any atom is 0.0508 e. The number of benzene rings is 1. The van der Waals surface area contributed by atoms with Crippen molar-refractivity contribution in [2.45, 2.75) is 32.7 Å². The zero-order valence-corrected chi connectivity index (χ0v) is 12.4. The highest BCUT2D eigenvalue weighted by Gasteiger charge is 2.24. The third-order valence-electron chi connectivity index (χ3n) is 3.81. The second-order valence-electron chi connectivity index (χ2n) is 5.87. The summed E-state index contributed by atoms with van der Waals surface area (Å²) in [5.74, 6) is 0.662. The SMILES string of the molecule is COCC1CCN(c2ccc(C)cc2CC(C)N)C1. The summed E-state index contributed by atoms with van der Waals surface area (Å²) in [6.07, 6.45) is 2.17. The lowest BCUT2D eigenvalue weighted by Gasteiger charge is -2.23. The van der Waals surface area contributed by atoms with Crippen LogP contribution in [0.15, 0.2) is 18.2 Å². The summed E-state index contributed by atoms with van der Waals surface area (Å²) in [7, 11) is 1.79. The van der Waals surface area contributed by atoms with Crippen molar-refractivity contribution >= 4 is 5.69 Å². The van der Waals surface area contributed by atoms with E-state index in [0.29, 0.717) is 5.92 Å². The predicted molar refractivity (Wildman–Crippen MR) is 80.7 cm³/mol. The van der Waals surface area contributed by atoms with Crippen LogP contribution in [0, 0.1) is 12.8 Å². The normalized spacial score (nSPS) is 20.8. The summed E-state index contributed by atoms with van der Waals surface area (Å²) in [5.41, 5.74) is 10.0. The molecule has 1 heterocycles. The van der Waals surface area contributed by atoms with Gasteiger partial charge in [-0.1, -0.05) is 17.7 Å². The minimum Gasteiger partial charge on any atom is -0.384 e. The number of ether oxygens (including phenoxy) is 1. The summed E-state index contributed by atoms with van der Waals surface area (Å²) in [4.78, 5) is 2.49. The van der Waals surface area contributed by atoms with Gasteiger partial charge in [-0.05, 0) is 38.3 Å². The molecule has 2 N–H and O–H groups in total. The Balaban J connectivity index is 2.15. The van der Waals surface area contributed by atoms with E-state index in [4.69, 9.17) is 10.5 Å². The molecule has 3 nitrogen and oxygen atoms in total. The fourth-order valence-corrected chi connectivity index (χ4v) is 2.96. The molecule has 0 amide bonds. The minimum absolute atomic E-state index is 0.206. The van der Waals surface area contributed by atoms with Gasteiger partial charge in [0.2, 0.25) is 0 Å². The van der Waals surface area contributed by atoms with E-state index in [-0.39, 0.29) is 6.04 Å². The number of nitrogens with zero attached hydrogens (tertiary/aromatic N) is 1. The number of rotatable bonds is 5. The Hall–Kier alpha value is -1.06. The monoisotopic (exact) mass is 262 g/mol. The maximum atomic E-state index is 5.98. The van der Waals surface area contributed by atoms with E-state index >= 15 is 0 Å². The van der Waals surface area contributed by atoms with E-state index in [1.165, 1.54) is 23.2 Å². The number of aryl methyl sites for hydroxylation is 1. The molecule has 0 saturated carbocycles. The van der Waals surface area contributed by atoms with Gasteiger partial charge < -0.3 is 15.4 Å². The van der Waals surface area contributed by atoms with E-state index in [1.807, 2.05) is 0 Å². The van der Waals surface area contributed by atoms with Gasteiger partial charge in [0.25, 0.3) is 0 Å². The van der Waals surface area contributed by atoms with Gasteiger partial charge in [-0.2, -0.15) is 0 Å².